The summed E-state index contributed by atoms with van der Waals surface area (Å²) in [7, 11) is 0. The lowest BCUT2D eigenvalue weighted by Gasteiger charge is -2.18. The van der Waals surface area contributed by atoms with E-state index in [9.17, 15) is 14.4 Å². The molecule has 0 saturated carbocycles. The Hall–Kier alpha value is -3.41. The monoisotopic (exact) mass is 1100 g/mol. The largest absolute Gasteiger partial charge is 0.462 e. The first-order chi connectivity index (χ1) is 39.0. The fraction of sp³-hybridized carbons (Fsp3) is 0.767. The molecule has 0 aliphatic rings. The van der Waals surface area contributed by atoms with Crippen LogP contribution in [0.25, 0.3) is 0 Å². The summed E-state index contributed by atoms with van der Waals surface area (Å²) in [5.74, 6) is -0.879. The van der Waals surface area contributed by atoms with Gasteiger partial charge >= 0.3 is 17.9 Å². The van der Waals surface area contributed by atoms with Gasteiger partial charge in [-0.15, -0.1) is 0 Å². The number of unbranched alkanes of at least 4 members (excludes halogenated alkanes) is 37. The summed E-state index contributed by atoms with van der Waals surface area (Å²) in [5, 5.41) is 0. The van der Waals surface area contributed by atoms with Crippen molar-refractivity contribution in [1.82, 2.24) is 0 Å². The Balaban J connectivity index is 4.39. The second-order valence-corrected chi connectivity index (χ2v) is 22.7. The molecule has 0 radical (unpaired) electrons. The molecule has 1 atom stereocenters. The van der Waals surface area contributed by atoms with E-state index in [1.807, 2.05) is 0 Å². The van der Waals surface area contributed by atoms with Gasteiger partial charge in [0.1, 0.15) is 13.2 Å². The molecule has 0 heterocycles. The summed E-state index contributed by atoms with van der Waals surface area (Å²) in [6.45, 7) is 6.55. The number of hydrogen-bond donors (Lipinski definition) is 0. The van der Waals surface area contributed by atoms with Crippen LogP contribution in [0.4, 0.5) is 0 Å². The smallest absolute Gasteiger partial charge is 0.306 e. The number of carbonyl (C=O) groups excluding carboxylic acids is 3. The van der Waals surface area contributed by atoms with Crippen LogP contribution < -0.4 is 0 Å². The lowest BCUT2D eigenvalue weighted by atomic mass is 10.1. The van der Waals surface area contributed by atoms with E-state index in [0.29, 0.717) is 19.3 Å². The molecule has 0 fully saturated rings. The molecule has 6 heteroatoms. The minimum atomic E-state index is -0.785. The van der Waals surface area contributed by atoms with Crippen molar-refractivity contribution in [2.45, 2.75) is 348 Å². The second kappa shape index (κ2) is 67.1. The number of ether oxygens (including phenoxy) is 3. The molecule has 1 unspecified atom stereocenters. The maximum atomic E-state index is 12.9. The molecule has 0 amide bonds. The lowest BCUT2D eigenvalue weighted by molar-refractivity contribution is -0.167. The van der Waals surface area contributed by atoms with Crippen LogP contribution in [0.3, 0.4) is 0 Å². The highest BCUT2D eigenvalue weighted by atomic mass is 16.6. The topological polar surface area (TPSA) is 78.9 Å². The third kappa shape index (κ3) is 65.3. The standard InChI is InChI=1S/C73H128O6/c1-4-7-10-13-16-19-22-25-28-31-34-35-36-37-40-42-45-48-51-54-57-60-63-66-72(75)78-69-70(79-73(76)67-64-61-58-55-52-49-46-43-39-33-30-27-24-21-18-15-12-9-6-3)68-77-71(74)65-62-59-56-53-50-47-44-41-38-32-29-26-23-20-17-14-11-8-5-2/h7,10,16,19,25-30,34-35,37,40,70H,4-6,8-9,11-15,17-18,20-24,31-33,36,38-39,41-69H2,1-3H3/b10-7-,19-16-,28-25-,29-26-,30-27-,35-34-,40-37-. The maximum Gasteiger partial charge on any atom is 0.306 e. The summed E-state index contributed by atoms with van der Waals surface area (Å²) < 4.78 is 17.0. The van der Waals surface area contributed by atoms with Gasteiger partial charge in [-0.25, -0.2) is 0 Å². The Morgan fingerprint density at radius 3 is 0.785 bits per heavy atom. The summed E-state index contributed by atoms with van der Waals surface area (Å²) >= 11 is 0. The van der Waals surface area contributed by atoms with E-state index < -0.39 is 6.10 Å². The zero-order valence-electron chi connectivity index (χ0n) is 52.4. The van der Waals surface area contributed by atoms with Crippen LogP contribution in [-0.4, -0.2) is 37.2 Å². The molecule has 0 spiro atoms. The number of allylic oxidation sites excluding steroid dienone is 14. The van der Waals surface area contributed by atoms with Crippen LogP contribution in [0.1, 0.15) is 342 Å². The van der Waals surface area contributed by atoms with E-state index in [0.717, 1.165) is 96.3 Å². The molecule has 0 bridgehead atoms. The summed E-state index contributed by atoms with van der Waals surface area (Å²) in [6.07, 6.45) is 88.7. The van der Waals surface area contributed by atoms with E-state index in [1.54, 1.807) is 0 Å². The van der Waals surface area contributed by atoms with Gasteiger partial charge in [0.2, 0.25) is 0 Å². The van der Waals surface area contributed by atoms with Crippen LogP contribution in [0.2, 0.25) is 0 Å². The van der Waals surface area contributed by atoms with Crippen molar-refractivity contribution >= 4 is 17.9 Å². The maximum absolute atomic E-state index is 12.9. The Morgan fingerprint density at radius 1 is 0.266 bits per heavy atom. The first-order valence-electron chi connectivity index (χ1n) is 34.1. The molecule has 6 nitrogen and oxygen atoms in total. The highest BCUT2D eigenvalue weighted by Gasteiger charge is 2.19. The zero-order chi connectivity index (χ0) is 57.1. The average Bonchev–Trinajstić information content (AvgIpc) is 3.45. The van der Waals surface area contributed by atoms with Gasteiger partial charge in [0, 0.05) is 19.3 Å². The Kier molecular flexibility index (Phi) is 64.2. The highest BCUT2D eigenvalue weighted by Crippen LogP contribution is 2.17. The number of hydrogen-bond acceptors (Lipinski definition) is 6. The zero-order valence-corrected chi connectivity index (χ0v) is 52.4. The van der Waals surface area contributed by atoms with E-state index >= 15 is 0 Å². The van der Waals surface area contributed by atoms with Crippen LogP contribution in [0.15, 0.2) is 85.1 Å². The number of carbonyl (C=O) groups is 3. The second-order valence-electron chi connectivity index (χ2n) is 22.7. The van der Waals surface area contributed by atoms with Gasteiger partial charge in [0.05, 0.1) is 0 Å². The molecule has 0 saturated heterocycles. The first-order valence-corrected chi connectivity index (χ1v) is 34.1. The Morgan fingerprint density at radius 2 is 0.494 bits per heavy atom. The van der Waals surface area contributed by atoms with Gasteiger partial charge in [0.25, 0.3) is 0 Å². The molecule has 0 aromatic carbocycles. The van der Waals surface area contributed by atoms with Crippen molar-refractivity contribution in [2.75, 3.05) is 13.2 Å². The average molecular weight is 1100 g/mol. The van der Waals surface area contributed by atoms with Gasteiger partial charge in [-0.2, -0.15) is 0 Å². The van der Waals surface area contributed by atoms with Crippen LogP contribution in [0, 0.1) is 0 Å². The predicted molar refractivity (Wildman–Crippen MR) is 344 cm³/mol. The van der Waals surface area contributed by atoms with Gasteiger partial charge in [0.15, 0.2) is 6.10 Å². The fourth-order valence-electron chi connectivity index (χ4n) is 9.76. The van der Waals surface area contributed by atoms with E-state index in [2.05, 4.69) is 106 Å². The van der Waals surface area contributed by atoms with Crippen LogP contribution >= 0.6 is 0 Å². The van der Waals surface area contributed by atoms with Crippen molar-refractivity contribution < 1.29 is 28.6 Å². The molecule has 0 rings (SSSR count). The number of esters is 3. The SMILES string of the molecule is CC/C=C\C/C=C\C/C=C\C/C=C\C/C=C\CCCCCCCCCC(=O)OCC(COC(=O)CCCCCCCCCCC/C=C\CCCCCCCC)OC(=O)CCCCCCCCCCC/C=C\CCCCCCCC. The molecule has 0 aromatic heterocycles. The third-order valence-corrected chi connectivity index (χ3v) is 14.9. The van der Waals surface area contributed by atoms with Crippen LogP contribution in [0.5, 0.6) is 0 Å². The third-order valence-electron chi connectivity index (χ3n) is 14.9. The van der Waals surface area contributed by atoms with Crippen molar-refractivity contribution in [3.05, 3.63) is 85.1 Å². The molecular weight excluding hydrogens is 973 g/mol. The fourth-order valence-corrected chi connectivity index (χ4v) is 9.76. The van der Waals surface area contributed by atoms with Gasteiger partial charge in [-0.1, -0.05) is 292 Å². The minimum Gasteiger partial charge on any atom is -0.462 e. The van der Waals surface area contributed by atoms with Crippen molar-refractivity contribution in [1.29, 1.82) is 0 Å². The first kappa shape index (κ1) is 75.6. The predicted octanol–water partition coefficient (Wildman–Crippen LogP) is 23.4. The van der Waals surface area contributed by atoms with Gasteiger partial charge < -0.3 is 14.2 Å². The van der Waals surface area contributed by atoms with Crippen molar-refractivity contribution in [3.63, 3.8) is 0 Å². The molecule has 79 heavy (non-hydrogen) atoms. The molecule has 0 aromatic rings. The molecular formula is C73H128O6. The molecule has 456 valence electrons. The summed E-state index contributed by atoms with van der Waals surface area (Å²) in [6, 6.07) is 0. The normalized spacial score (nSPS) is 12.6. The van der Waals surface area contributed by atoms with Crippen LogP contribution in [-0.2, 0) is 28.6 Å². The summed E-state index contributed by atoms with van der Waals surface area (Å²) in [4.78, 5) is 38.4. The Labute approximate surface area is 490 Å². The van der Waals surface area contributed by atoms with Gasteiger partial charge in [-0.3, -0.25) is 14.4 Å². The molecule has 0 aliphatic carbocycles. The Bertz CT molecular complexity index is 1500. The van der Waals surface area contributed by atoms with E-state index in [1.165, 1.54) is 205 Å². The van der Waals surface area contributed by atoms with Crippen molar-refractivity contribution in [2.24, 2.45) is 0 Å². The molecule has 0 aliphatic heterocycles. The minimum absolute atomic E-state index is 0.0800. The molecule has 0 N–H and O–H groups in total. The quantitative estimate of drug-likeness (QED) is 0.0261. The number of rotatable bonds is 62. The lowest BCUT2D eigenvalue weighted by Crippen LogP contribution is -2.30. The van der Waals surface area contributed by atoms with Crippen molar-refractivity contribution in [3.8, 4) is 0 Å². The van der Waals surface area contributed by atoms with E-state index in [-0.39, 0.29) is 31.1 Å². The van der Waals surface area contributed by atoms with E-state index in [4.69, 9.17) is 14.2 Å². The summed E-state index contributed by atoms with van der Waals surface area (Å²) in [5.41, 5.74) is 0. The highest BCUT2D eigenvalue weighted by molar-refractivity contribution is 5.71. The van der Waals surface area contributed by atoms with Gasteiger partial charge in [-0.05, 0) is 116 Å².